The molecule has 3 heteroatoms. The lowest BCUT2D eigenvalue weighted by Gasteiger charge is -2.30. The molecule has 1 aliphatic heterocycles. The molecule has 1 unspecified atom stereocenters. The largest absolute Gasteiger partial charge is 0.306 e. The van der Waals surface area contributed by atoms with Gasteiger partial charge in [0, 0.05) is 35.1 Å². The quantitative estimate of drug-likeness (QED) is 0.890. The fraction of sp³-hybridized carbons (Fsp3) is 0.600. The maximum absolute atomic E-state index is 3.91. The molecule has 1 N–H and O–H groups in total. The number of benzene rings is 1. The van der Waals surface area contributed by atoms with Crippen LogP contribution in [0.4, 0.5) is 0 Å². The molecule has 0 amide bonds. The summed E-state index contributed by atoms with van der Waals surface area (Å²) in [4.78, 5) is 0. The molecular weight excluding hydrogens is 258 g/mol. The second kappa shape index (κ2) is 6.36. The first-order chi connectivity index (χ1) is 8.93. The van der Waals surface area contributed by atoms with Crippen LogP contribution in [0.2, 0.25) is 0 Å². The molecule has 98 valence electrons. The molecule has 1 fully saturated rings. The van der Waals surface area contributed by atoms with E-state index in [0.717, 1.165) is 0 Å². The van der Waals surface area contributed by atoms with Crippen LogP contribution in [0.5, 0.6) is 0 Å². The maximum Gasteiger partial charge on any atom is 0.0326 e. The monoisotopic (exact) mass is 279 g/mol. The molecular formula is C15H21NS2. The summed E-state index contributed by atoms with van der Waals surface area (Å²) in [5, 5.41) is 3.91. The van der Waals surface area contributed by atoms with Crippen molar-refractivity contribution in [3.05, 3.63) is 35.4 Å². The first kappa shape index (κ1) is 12.9. The molecule has 1 atom stereocenters. The van der Waals surface area contributed by atoms with Crippen LogP contribution in [0.1, 0.15) is 30.0 Å². The molecule has 1 aromatic rings. The van der Waals surface area contributed by atoms with E-state index in [0.29, 0.717) is 12.1 Å². The van der Waals surface area contributed by atoms with Crippen LogP contribution in [0.3, 0.4) is 0 Å². The smallest absolute Gasteiger partial charge is 0.0326 e. The van der Waals surface area contributed by atoms with Crippen LogP contribution in [-0.2, 0) is 6.42 Å². The number of aryl methyl sites for hydroxylation is 1. The number of hydrogen-bond donors (Lipinski definition) is 1. The van der Waals surface area contributed by atoms with E-state index in [1.807, 2.05) is 0 Å². The molecule has 1 heterocycles. The van der Waals surface area contributed by atoms with Crippen molar-refractivity contribution in [1.82, 2.24) is 5.32 Å². The van der Waals surface area contributed by atoms with E-state index in [1.54, 1.807) is 11.1 Å². The summed E-state index contributed by atoms with van der Waals surface area (Å²) in [6, 6.07) is 10.3. The average molecular weight is 279 g/mol. The summed E-state index contributed by atoms with van der Waals surface area (Å²) in [5.41, 5.74) is 3.12. The van der Waals surface area contributed by atoms with E-state index in [1.165, 1.54) is 42.3 Å². The minimum Gasteiger partial charge on any atom is -0.306 e. The number of thioether (sulfide) groups is 2. The van der Waals surface area contributed by atoms with Crippen molar-refractivity contribution < 1.29 is 0 Å². The Hall–Kier alpha value is -0.120. The van der Waals surface area contributed by atoms with Crippen LogP contribution in [0.15, 0.2) is 24.3 Å². The zero-order valence-electron chi connectivity index (χ0n) is 10.7. The third kappa shape index (κ3) is 3.06. The van der Waals surface area contributed by atoms with Gasteiger partial charge in [0.25, 0.3) is 0 Å². The summed E-state index contributed by atoms with van der Waals surface area (Å²) in [6.45, 7) is 0. The van der Waals surface area contributed by atoms with Gasteiger partial charge in [-0.3, -0.25) is 0 Å². The molecule has 0 spiro atoms. The van der Waals surface area contributed by atoms with Crippen LogP contribution in [0.25, 0.3) is 0 Å². The first-order valence-corrected chi connectivity index (χ1v) is 9.24. The van der Waals surface area contributed by atoms with Gasteiger partial charge in [-0.1, -0.05) is 24.3 Å². The van der Waals surface area contributed by atoms with Crippen LogP contribution >= 0.6 is 23.5 Å². The van der Waals surface area contributed by atoms with E-state index in [2.05, 4.69) is 53.1 Å². The Bertz CT molecular complexity index is 386. The van der Waals surface area contributed by atoms with Gasteiger partial charge in [0.2, 0.25) is 0 Å². The summed E-state index contributed by atoms with van der Waals surface area (Å²) in [7, 11) is 0. The highest BCUT2D eigenvalue weighted by molar-refractivity contribution is 8.03. The predicted molar refractivity (Wildman–Crippen MR) is 83.7 cm³/mol. The van der Waals surface area contributed by atoms with Crippen molar-refractivity contribution in [2.45, 2.75) is 31.3 Å². The predicted octanol–water partition coefficient (Wildman–Crippen LogP) is 3.50. The number of hydrogen-bond acceptors (Lipinski definition) is 3. The molecule has 18 heavy (non-hydrogen) atoms. The summed E-state index contributed by atoms with van der Waals surface area (Å²) in [6.07, 6.45) is 3.91. The number of nitrogens with one attached hydrogen (secondary N) is 1. The molecule has 1 nitrogen and oxygen atoms in total. The summed E-state index contributed by atoms with van der Waals surface area (Å²) >= 11 is 4.22. The third-order valence-electron chi connectivity index (χ3n) is 3.82. The Morgan fingerprint density at radius 1 is 1.06 bits per heavy atom. The SMILES string of the molecule is c1ccc2c(c1)CCCC2NC1CSCCSC1. The van der Waals surface area contributed by atoms with Gasteiger partial charge in [0.1, 0.15) is 0 Å². The molecule has 0 radical (unpaired) electrons. The molecule has 2 aliphatic rings. The van der Waals surface area contributed by atoms with E-state index in [4.69, 9.17) is 0 Å². The third-order valence-corrected chi connectivity index (χ3v) is 6.34. The molecule has 1 saturated heterocycles. The molecule has 1 aromatic carbocycles. The highest BCUT2D eigenvalue weighted by Gasteiger charge is 2.23. The Morgan fingerprint density at radius 2 is 1.83 bits per heavy atom. The Balaban J connectivity index is 1.69. The lowest BCUT2D eigenvalue weighted by atomic mass is 9.87. The Morgan fingerprint density at radius 3 is 2.67 bits per heavy atom. The standard InChI is InChI=1S/C15H21NS2/c1-2-6-14-12(4-1)5-3-7-15(14)16-13-10-17-8-9-18-11-13/h1-2,4,6,13,15-16H,3,5,7-11H2. The van der Waals surface area contributed by atoms with E-state index in [-0.39, 0.29) is 0 Å². The fourth-order valence-electron chi connectivity index (χ4n) is 2.92. The average Bonchev–Trinajstić information content (AvgIpc) is 2.68. The van der Waals surface area contributed by atoms with Gasteiger partial charge in [-0.15, -0.1) is 0 Å². The molecule has 3 rings (SSSR count). The van der Waals surface area contributed by atoms with Crippen LogP contribution in [-0.4, -0.2) is 29.1 Å². The van der Waals surface area contributed by atoms with Gasteiger partial charge < -0.3 is 5.32 Å². The number of fused-ring (bicyclic) bond motifs is 1. The molecule has 0 bridgehead atoms. The molecule has 0 aromatic heterocycles. The van der Waals surface area contributed by atoms with Crippen molar-refractivity contribution in [2.75, 3.05) is 23.0 Å². The van der Waals surface area contributed by atoms with Crippen LogP contribution in [0, 0.1) is 0 Å². The highest BCUT2D eigenvalue weighted by Crippen LogP contribution is 2.30. The van der Waals surface area contributed by atoms with Crippen molar-refractivity contribution in [3.63, 3.8) is 0 Å². The fourth-order valence-corrected chi connectivity index (χ4v) is 5.35. The molecule has 1 aliphatic carbocycles. The minimum atomic E-state index is 0.597. The van der Waals surface area contributed by atoms with Gasteiger partial charge >= 0.3 is 0 Å². The zero-order chi connectivity index (χ0) is 12.2. The van der Waals surface area contributed by atoms with Crippen LogP contribution < -0.4 is 5.32 Å². The Labute approximate surface area is 119 Å². The van der Waals surface area contributed by atoms with Gasteiger partial charge in [-0.2, -0.15) is 23.5 Å². The maximum atomic E-state index is 3.91. The van der Waals surface area contributed by atoms with Crippen molar-refractivity contribution >= 4 is 23.5 Å². The zero-order valence-corrected chi connectivity index (χ0v) is 12.4. The normalized spacial score (nSPS) is 25.4. The molecule has 0 saturated carbocycles. The Kier molecular flexibility index (Phi) is 4.55. The summed E-state index contributed by atoms with van der Waals surface area (Å²) < 4.78 is 0. The highest BCUT2D eigenvalue weighted by atomic mass is 32.2. The van der Waals surface area contributed by atoms with Gasteiger partial charge in [-0.05, 0) is 30.4 Å². The summed E-state index contributed by atoms with van der Waals surface area (Å²) in [5.74, 6) is 5.21. The van der Waals surface area contributed by atoms with Gasteiger partial charge in [0.15, 0.2) is 0 Å². The second-order valence-electron chi connectivity index (χ2n) is 5.16. The van der Waals surface area contributed by atoms with E-state index < -0.39 is 0 Å². The van der Waals surface area contributed by atoms with E-state index >= 15 is 0 Å². The minimum absolute atomic E-state index is 0.597. The number of rotatable bonds is 2. The first-order valence-electron chi connectivity index (χ1n) is 6.93. The van der Waals surface area contributed by atoms with Gasteiger partial charge in [-0.25, -0.2) is 0 Å². The van der Waals surface area contributed by atoms with Crippen molar-refractivity contribution in [3.8, 4) is 0 Å². The lowest BCUT2D eigenvalue weighted by molar-refractivity contribution is 0.429. The van der Waals surface area contributed by atoms with Crippen molar-refractivity contribution in [1.29, 1.82) is 0 Å². The second-order valence-corrected chi connectivity index (χ2v) is 7.46. The topological polar surface area (TPSA) is 12.0 Å². The van der Waals surface area contributed by atoms with E-state index in [9.17, 15) is 0 Å². The lowest BCUT2D eigenvalue weighted by Crippen LogP contribution is -2.37. The van der Waals surface area contributed by atoms with Crippen molar-refractivity contribution in [2.24, 2.45) is 0 Å². The van der Waals surface area contributed by atoms with Gasteiger partial charge in [0.05, 0.1) is 0 Å².